The average molecular weight is 362 g/mol. The number of benzene rings is 1. The first-order chi connectivity index (χ1) is 9.45. The van der Waals surface area contributed by atoms with E-state index in [1.807, 2.05) is 0 Å². The van der Waals surface area contributed by atoms with Crippen LogP contribution in [0.5, 0.6) is 0 Å². The minimum Gasteiger partial charge on any atom is -0.469 e. The van der Waals surface area contributed by atoms with E-state index >= 15 is 0 Å². The monoisotopic (exact) mass is 361 g/mol. The van der Waals surface area contributed by atoms with Gasteiger partial charge in [0, 0.05) is 17.6 Å². The van der Waals surface area contributed by atoms with Gasteiger partial charge in [-0.05, 0) is 31.0 Å². The van der Waals surface area contributed by atoms with Crippen LogP contribution < -0.4 is 0 Å². The maximum Gasteiger partial charge on any atom is 0.309 e. The van der Waals surface area contributed by atoms with Gasteiger partial charge < -0.3 is 4.74 Å². The molecular formula is C13H16BrNO4S. The van der Waals surface area contributed by atoms with Gasteiger partial charge in [0.15, 0.2) is 0 Å². The van der Waals surface area contributed by atoms with Gasteiger partial charge in [-0.25, -0.2) is 8.42 Å². The largest absolute Gasteiger partial charge is 0.469 e. The van der Waals surface area contributed by atoms with E-state index in [1.54, 1.807) is 24.3 Å². The summed E-state index contributed by atoms with van der Waals surface area (Å²) >= 11 is 3.27. The summed E-state index contributed by atoms with van der Waals surface area (Å²) in [4.78, 5) is 11.8. The first kappa shape index (κ1) is 15.5. The minimum atomic E-state index is -3.56. The summed E-state index contributed by atoms with van der Waals surface area (Å²) < 4.78 is 31.9. The van der Waals surface area contributed by atoms with Gasteiger partial charge >= 0.3 is 5.97 Å². The molecule has 1 aliphatic rings. The molecule has 1 aliphatic heterocycles. The second-order valence-electron chi connectivity index (χ2n) is 4.68. The summed E-state index contributed by atoms with van der Waals surface area (Å²) in [7, 11) is -2.24. The summed E-state index contributed by atoms with van der Waals surface area (Å²) in [6.45, 7) is 0.615. The van der Waals surface area contributed by atoms with Crippen LogP contribution in [-0.4, -0.2) is 38.9 Å². The Kier molecular flexibility index (Phi) is 4.82. The summed E-state index contributed by atoms with van der Waals surface area (Å²) in [5.41, 5.74) is 0. The molecule has 1 fully saturated rings. The highest BCUT2D eigenvalue weighted by Gasteiger charge is 2.33. The number of halogens is 1. The van der Waals surface area contributed by atoms with Crippen LogP contribution in [0.15, 0.2) is 33.6 Å². The Balaban J connectivity index is 2.23. The maximum absolute atomic E-state index is 12.5. The van der Waals surface area contributed by atoms with Crippen molar-refractivity contribution in [1.82, 2.24) is 4.31 Å². The molecule has 0 amide bonds. The molecule has 0 spiro atoms. The molecular weight excluding hydrogens is 346 g/mol. The molecule has 7 heteroatoms. The van der Waals surface area contributed by atoms with E-state index < -0.39 is 10.0 Å². The number of piperidine rings is 1. The Morgan fingerprint density at radius 1 is 1.45 bits per heavy atom. The van der Waals surface area contributed by atoms with Crippen molar-refractivity contribution in [2.45, 2.75) is 17.7 Å². The molecule has 110 valence electrons. The third kappa shape index (κ3) is 3.21. The zero-order valence-corrected chi connectivity index (χ0v) is 13.5. The van der Waals surface area contributed by atoms with E-state index in [1.165, 1.54) is 11.4 Å². The molecule has 0 radical (unpaired) electrons. The molecule has 1 heterocycles. The molecule has 0 unspecified atom stereocenters. The second-order valence-corrected chi connectivity index (χ2v) is 7.54. The van der Waals surface area contributed by atoms with Gasteiger partial charge in [0.2, 0.25) is 10.0 Å². The minimum absolute atomic E-state index is 0.182. The van der Waals surface area contributed by atoms with Crippen molar-refractivity contribution in [3.8, 4) is 0 Å². The Hall–Kier alpha value is -0.920. The van der Waals surface area contributed by atoms with Crippen molar-refractivity contribution < 1.29 is 17.9 Å². The number of nitrogens with zero attached hydrogens (tertiary/aromatic N) is 1. The Labute approximate surface area is 127 Å². The summed E-state index contributed by atoms with van der Waals surface area (Å²) in [6.07, 6.45) is 1.32. The number of esters is 1. The molecule has 0 saturated carbocycles. The molecule has 0 N–H and O–H groups in total. The summed E-state index contributed by atoms with van der Waals surface area (Å²) in [6, 6.07) is 6.57. The van der Waals surface area contributed by atoms with Crippen molar-refractivity contribution in [3.63, 3.8) is 0 Å². The van der Waals surface area contributed by atoms with E-state index in [-0.39, 0.29) is 23.3 Å². The number of rotatable bonds is 3. The molecule has 20 heavy (non-hydrogen) atoms. The number of hydrogen-bond donors (Lipinski definition) is 0. The topological polar surface area (TPSA) is 63.7 Å². The lowest BCUT2D eigenvalue weighted by Crippen LogP contribution is -2.42. The smallest absolute Gasteiger partial charge is 0.309 e. The number of carbonyl (C=O) groups excluding carboxylic acids is 1. The number of methoxy groups -OCH3 is 1. The zero-order valence-electron chi connectivity index (χ0n) is 11.1. The van der Waals surface area contributed by atoms with Crippen molar-refractivity contribution >= 4 is 31.9 Å². The van der Waals surface area contributed by atoms with Gasteiger partial charge in [0.25, 0.3) is 0 Å². The quantitative estimate of drug-likeness (QED) is 0.772. The Morgan fingerprint density at radius 3 is 2.85 bits per heavy atom. The lowest BCUT2D eigenvalue weighted by molar-refractivity contribution is -0.146. The van der Waals surface area contributed by atoms with Crippen molar-refractivity contribution in [2.75, 3.05) is 20.2 Å². The predicted octanol–water partition coefficient (Wildman–Crippen LogP) is 2.02. The van der Waals surface area contributed by atoms with Gasteiger partial charge in [-0.2, -0.15) is 4.31 Å². The third-order valence-electron chi connectivity index (χ3n) is 3.35. The van der Waals surface area contributed by atoms with E-state index in [0.29, 0.717) is 23.9 Å². The second kappa shape index (κ2) is 6.24. The fourth-order valence-corrected chi connectivity index (χ4v) is 4.42. The number of carbonyl (C=O) groups is 1. The fraction of sp³-hybridized carbons (Fsp3) is 0.462. The highest BCUT2D eigenvalue weighted by atomic mass is 79.9. The van der Waals surface area contributed by atoms with Crippen molar-refractivity contribution in [1.29, 1.82) is 0 Å². The average Bonchev–Trinajstić information content (AvgIpc) is 2.46. The van der Waals surface area contributed by atoms with Gasteiger partial charge in [0.05, 0.1) is 17.9 Å². The Bertz CT molecular complexity index is 602. The van der Waals surface area contributed by atoms with Crippen LogP contribution >= 0.6 is 15.9 Å². The third-order valence-corrected chi connectivity index (χ3v) is 5.71. The van der Waals surface area contributed by atoms with Crippen molar-refractivity contribution in [3.05, 3.63) is 28.7 Å². The highest BCUT2D eigenvalue weighted by molar-refractivity contribution is 9.10. The molecule has 0 aromatic heterocycles. The molecule has 0 aliphatic carbocycles. The summed E-state index contributed by atoms with van der Waals surface area (Å²) in [5.74, 6) is -0.727. The molecule has 1 atom stereocenters. The number of hydrogen-bond acceptors (Lipinski definition) is 4. The first-order valence-electron chi connectivity index (χ1n) is 6.28. The lowest BCUT2D eigenvalue weighted by Gasteiger charge is -2.30. The molecule has 5 nitrogen and oxygen atoms in total. The number of ether oxygens (including phenoxy) is 1. The van der Waals surface area contributed by atoms with Gasteiger partial charge in [-0.3, -0.25) is 4.79 Å². The SMILES string of the molecule is COC(=O)[C@@H]1CCCN(S(=O)(=O)c2cccc(Br)c2)C1. The maximum atomic E-state index is 12.5. The van der Waals surface area contributed by atoms with E-state index in [4.69, 9.17) is 4.74 Å². The van der Waals surface area contributed by atoms with E-state index in [0.717, 1.165) is 0 Å². The zero-order chi connectivity index (χ0) is 14.8. The van der Waals surface area contributed by atoms with Gasteiger partial charge in [-0.1, -0.05) is 22.0 Å². The number of sulfonamides is 1. The van der Waals surface area contributed by atoms with Crippen molar-refractivity contribution in [2.24, 2.45) is 5.92 Å². The van der Waals surface area contributed by atoms with Crippen LogP contribution in [-0.2, 0) is 19.6 Å². The molecule has 0 bridgehead atoms. The van der Waals surface area contributed by atoms with Crippen LogP contribution in [0.3, 0.4) is 0 Å². The molecule has 1 saturated heterocycles. The van der Waals surface area contributed by atoms with Crippen LogP contribution in [0.2, 0.25) is 0 Å². The van der Waals surface area contributed by atoms with Gasteiger partial charge in [0.1, 0.15) is 0 Å². The van der Waals surface area contributed by atoms with Crippen LogP contribution in [0.4, 0.5) is 0 Å². The first-order valence-corrected chi connectivity index (χ1v) is 8.52. The lowest BCUT2D eigenvalue weighted by atomic mass is 10.0. The molecule has 2 rings (SSSR count). The Morgan fingerprint density at radius 2 is 2.20 bits per heavy atom. The van der Waals surface area contributed by atoms with Crippen LogP contribution in [0.25, 0.3) is 0 Å². The normalized spacial score (nSPS) is 20.6. The van der Waals surface area contributed by atoms with Crippen LogP contribution in [0.1, 0.15) is 12.8 Å². The van der Waals surface area contributed by atoms with Crippen LogP contribution in [0, 0.1) is 5.92 Å². The van der Waals surface area contributed by atoms with Gasteiger partial charge in [-0.15, -0.1) is 0 Å². The summed E-state index contributed by atoms with van der Waals surface area (Å²) in [5, 5.41) is 0. The fourth-order valence-electron chi connectivity index (χ4n) is 2.30. The highest BCUT2D eigenvalue weighted by Crippen LogP contribution is 2.25. The standard InChI is InChI=1S/C13H16BrNO4S/c1-19-13(16)10-4-3-7-15(9-10)20(17,18)12-6-2-5-11(14)8-12/h2,5-6,8,10H,3-4,7,9H2,1H3/t10-/m1/s1. The molecule has 1 aromatic carbocycles. The predicted molar refractivity (Wildman–Crippen MR) is 77.6 cm³/mol. The van der Waals surface area contributed by atoms with E-state index in [2.05, 4.69) is 15.9 Å². The van der Waals surface area contributed by atoms with E-state index in [9.17, 15) is 13.2 Å². The molecule has 1 aromatic rings.